The highest BCUT2D eigenvalue weighted by molar-refractivity contribution is 7.14. The lowest BCUT2D eigenvalue weighted by atomic mass is 9.77. The second-order valence-electron chi connectivity index (χ2n) is 9.17. The largest absolute Gasteiger partial charge is 0.454 e. The van der Waals surface area contributed by atoms with Crippen molar-refractivity contribution in [1.82, 2.24) is 4.98 Å². The van der Waals surface area contributed by atoms with E-state index in [4.69, 9.17) is 25.9 Å². The maximum atomic E-state index is 12.7. The lowest BCUT2D eigenvalue weighted by molar-refractivity contribution is -0.106. The van der Waals surface area contributed by atoms with Crippen LogP contribution in [0.5, 0.6) is 11.5 Å². The molecule has 1 aliphatic heterocycles. The minimum Gasteiger partial charge on any atom is -0.454 e. The van der Waals surface area contributed by atoms with Crippen molar-refractivity contribution in [1.29, 1.82) is 0 Å². The van der Waals surface area contributed by atoms with Crippen LogP contribution in [0.4, 0.5) is 5.13 Å². The summed E-state index contributed by atoms with van der Waals surface area (Å²) < 4.78 is 10.6. The highest BCUT2D eigenvalue weighted by Crippen LogP contribution is 2.40. The Morgan fingerprint density at radius 3 is 1.98 bits per heavy atom. The summed E-state index contributed by atoms with van der Waals surface area (Å²) in [5, 5.41) is 8.61. The summed E-state index contributed by atoms with van der Waals surface area (Å²) in [6, 6.07) is 34.6. The summed E-state index contributed by atoms with van der Waals surface area (Å²) in [4.78, 5) is 34.7. The zero-order chi connectivity index (χ0) is 28.9. The van der Waals surface area contributed by atoms with Gasteiger partial charge in [0.25, 0.3) is 5.24 Å². The first-order chi connectivity index (χ1) is 20.5. The van der Waals surface area contributed by atoms with Crippen LogP contribution in [-0.4, -0.2) is 28.7 Å². The van der Waals surface area contributed by atoms with Gasteiger partial charge in [0, 0.05) is 5.38 Å². The fraction of sp³-hybridized carbons (Fsp3) is 0.0625. The number of ether oxygens (including phenoxy) is 2. The van der Waals surface area contributed by atoms with Crippen LogP contribution < -0.4 is 14.8 Å². The number of thiazole rings is 1. The maximum Gasteiger partial charge on any atom is 0.365 e. The molecule has 1 N–H and O–H groups in total. The number of oxime groups is 1. The third-order valence-corrected chi connectivity index (χ3v) is 7.61. The first-order valence-electron chi connectivity index (χ1n) is 12.8. The van der Waals surface area contributed by atoms with Gasteiger partial charge in [-0.1, -0.05) is 96.2 Å². The first-order valence-corrected chi connectivity index (χ1v) is 14.1. The van der Waals surface area contributed by atoms with Crippen LogP contribution in [0.25, 0.3) is 0 Å². The summed E-state index contributed by atoms with van der Waals surface area (Å²) in [6.07, 6.45) is 0. The number of aromatic nitrogens is 1. The fourth-order valence-electron chi connectivity index (χ4n) is 4.73. The number of carbonyl (C=O) groups excluding carboxylic acids is 2. The van der Waals surface area contributed by atoms with Gasteiger partial charge >= 0.3 is 5.97 Å². The van der Waals surface area contributed by atoms with Crippen molar-refractivity contribution in [2.45, 2.75) is 5.54 Å². The number of nitrogens with one attached hydrogen (secondary N) is 1. The highest BCUT2D eigenvalue weighted by Gasteiger charge is 2.37. The fourth-order valence-corrected chi connectivity index (χ4v) is 5.61. The van der Waals surface area contributed by atoms with Crippen LogP contribution in [0.1, 0.15) is 32.7 Å². The van der Waals surface area contributed by atoms with Crippen LogP contribution in [0.2, 0.25) is 0 Å². The molecule has 10 heteroatoms. The number of nitrogens with zero attached hydrogens (tertiary/aromatic N) is 2. The first kappa shape index (κ1) is 27.2. The maximum absolute atomic E-state index is 12.7. The summed E-state index contributed by atoms with van der Waals surface area (Å²) in [5.74, 6) is 0.135. The monoisotopic (exact) mass is 595 g/mol. The van der Waals surface area contributed by atoms with Gasteiger partial charge in [-0.25, -0.2) is 9.78 Å². The number of hydrogen-bond donors (Lipinski definition) is 1. The van der Waals surface area contributed by atoms with Crippen LogP contribution in [0, 0.1) is 0 Å². The third-order valence-electron chi connectivity index (χ3n) is 6.68. The van der Waals surface area contributed by atoms with E-state index < -0.39 is 16.8 Å². The Balaban J connectivity index is 1.34. The van der Waals surface area contributed by atoms with Gasteiger partial charge in [0.1, 0.15) is 11.2 Å². The molecule has 0 atom stereocenters. The van der Waals surface area contributed by atoms with Crippen molar-refractivity contribution in [3.63, 3.8) is 0 Å². The molecule has 8 nitrogen and oxygen atoms in total. The van der Waals surface area contributed by atoms with Crippen molar-refractivity contribution in [2.75, 3.05) is 12.1 Å². The number of hydrogen-bond acceptors (Lipinski definition) is 9. The van der Waals surface area contributed by atoms with Crippen LogP contribution in [-0.2, 0) is 15.2 Å². The number of rotatable bonds is 9. The van der Waals surface area contributed by atoms with E-state index in [1.54, 1.807) is 11.4 Å². The number of fused-ring (bicyclic) bond motifs is 1. The Hall–Kier alpha value is -4.99. The molecule has 0 radical (unpaired) electrons. The molecular formula is C32H22ClN3O5S. The van der Waals surface area contributed by atoms with E-state index in [2.05, 4.69) is 15.5 Å². The molecule has 2 heterocycles. The molecule has 0 amide bonds. The topological polar surface area (TPSA) is 99.1 Å². The molecule has 0 spiro atoms. The predicted molar refractivity (Wildman–Crippen MR) is 160 cm³/mol. The lowest BCUT2D eigenvalue weighted by Gasteiger charge is -2.36. The van der Waals surface area contributed by atoms with E-state index in [9.17, 15) is 9.59 Å². The van der Waals surface area contributed by atoms with E-state index in [0.717, 1.165) is 16.7 Å². The molecule has 0 bridgehead atoms. The smallest absolute Gasteiger partial charge is 0.365 e. The zero-order valence-corrected chi connectivity index (χ0v) is 23.5. The molecule has 0 saturated heterocycles. The Bertz CT molecular complexity index is 1660. The van der Waals surface area contributed by atoms with E-state index in [0.29, 0.717) is 16.6 Å². The molecule has 5 aromatic rings. The summed E-state index contributed by atoms with van der Waals surface area (Å²) in [6.45, 7) is 0.0666. The SMILES string of the molecule is O=C(Cl)/C(=N\OC(=O)c1ccc2c(c1)OCO2)c1csc(NC(c2ccccc2)(c2ccccc2)c2ccccc2)n1. The van der Waals surface area contributed by atoms with Crippen LogP contribution in [0.3, 0.4) is 0 Å². The third kappa shape index (κ3) is 5.35. The zero-order valence-electron chi connectivity index (χ0n) is 21.9. The summed E-state index contributed by atoms with van der Waals surface area (Å²) in [5.41, 5.74) is 2.15. The Morgan fingerprint density at radius 2 is 1.40 bits per heavy atom. The Kier molecular flexibility index (Phi) is 7.68. The average molecular weight is 596 g/mol. The second-order valence-corrected chi connectivity index (χ2v) is 10.4. The van der Waals surface area contributed by atoms with E-state index in [1.807, 2.05) is 91.0 Å². The molecule has 1 aliphatic rings. The normalized spacial score (nSPS) is 12.5. The van der Waals surface area contributed by atoms with Gasteiger partial charge < -0.3 is 19.6 Å². The molecule has 0 saturated carbocycles. The number of anilines is 1. The molecule has 0 aliphatic carbocycles. The van der Waals surface area contributed by atoms with Gasteiger partial charge in [-0.05, 0) is 46.5 Å². The molecule has 0 fully saturated rings. The van der Waals surface area contributed by atoms with Gasteiger partial charge in [-0.3, -0.25) is 4.79 Å². The minimum absolute atomic E-state index is 0.0666. The second kappa shape index (κ2) is 11.9. The number of carbonyl (C=O) groups is 2. The van der Waals surface area contributed by atoms with E-state index >= 15 is 0 Å². The van der Waals surface area contributed by atoms with Crippen LogP contribution in [0.15, 0.2) is 120 Å². The van der Waals surface area contributed by atoms with Crippen molar-refractivity contribution in [3.8, 4) is 11.5 Å². The quantitative estimate of drug-likeness (QED) is 0.0673. The molecule has 1 aromatic heterocycles. The molecular weight excluding hydrogens is 574 g/mol. The summed E-state index contributed by atoms with van der Waals surface area (Å²) in [7, 11) is 0. The molecule has 6 rings (SSSR count). The average Bonchev–Trinajstić information content (AvgIpc) is 3.70. The van der Waals surface area contributed by atoms with Gasteiger partial charge in [-0.2, -0.15) is 0 Å². The molecule has 0 unspecified atom stereocenters. The molecule has 4 aromatic carbocycles. The van der Waals surface area contributed by atoms with Gasteiger partial charge in [0.05, 0.1) is 5.56 Å². The predicted octanol–water partition coefficient (Wildman–Crippen LogP) is 6.60. The minimum atomic E-state index is -0.925. The Labute approximate surface area is 250 Å². The summed E-state index contributed by atoms with van der Waals surface area (Å²) >= 11 is 7.13. The molecule has 42 heavy (non-hydrogen) atoms. The van der Waals surface area contributed by atoms with Gasteiger partial charge in [0.2, 0.25) is 6.79 Å². The van der Waals surface area contributed by atoms with E-state index in [-0.39, 0.29) is 23.8 Å². The number of halogens is 1. The van der Waals surface area contributed by atoms with Crippen molar-refractivity contribution >= 4 is 45.0 Å². The van der Waals surface area contributed by atoms with Crippen molar-refractivity contribution in [3.05, 3.63) is 143 Å². The van der Waals surface area contributed by atoms with Crippen molar-refractivity contribution < 1.29 is 23.9 Å². The van der Waals surface area contributed by atoms with Crippen LogP contribution >= 0.6 is 22.9 Å². The lowest BCUT2D eigenvalue weighted by Crippen LogP contribution is -2.38. The Morgan fingerprint density at radius 1 is 0.833 bits per heavy atom. The number of benzene rings is 4. The van der Waals surface area contributed by atoms with E-state index in [1.165, 1.54) is 23.5 Å². The molecule has 208 valence electrons. The van der Waals surface area contributed by atoms with Crippen molar-refractivity contribution in [2.24, 2.45) is 5.16 Å². The van der Waals surface area contributed by atoms with Gasteiger partial charge in [0.15, 0.2) is 22.3 Å². The highest BCUT2D eigenvalue weighted by atomic mass is 35.5. The standard InChI is InChI=1S/C32H22ClN3O5S/c33-29(37)28(36-41-30(38)21-16-17-26-27(18-21)40-20-39-26)25-19-42-31(34-25)35-32(22-10-4-1-5-11-22,23-12-6-2-7-13-23)24-14-8-3-9-15-24/h1-19H,20H2,(H,34,35)/b36-28-. The van der Waals surface area contributed by atoms with Gasteiger partial charge in [-0.15, -0.1) is 11.3 Å².